The topological polar surface area (TPSA) is 143 Å². The van der Waals surface area contributed by atoms with E-state index in [1.54, 1.807) is 23.4 Å². The fourth-order valence-corrected chi connectivity index (χ4v) is 10.2. The molecule has 2 bridgehead atoms. The van der Waals surface area contributed by atoms with Crippen molar-refractivity contribution in [2.24, 2.45) is 23.2 Å². The zero-order valence-corrected chi connectivity index (χ0v) is 28.5. The molecule has 5 atom stereocenters. The van der Waals surface area contributed by atoms with Gasteiger partial charge < -0.3 is 29.7 Å². The van der Waals surface area contributed by atoms with Crippen LogP contribution in [0.5, 0.6) is 5.75 Å². The van der Waals surface area contributed by atoms with Crippen LogP contribution in [0.4, 0.5) is 30.8 Å². The molecule has 15 heteroatoms. The summed E-state index contributed by atoms with van der Waals surface area (Å²) in [5, 5.41) is 12.4. The minimum atomic E-state index is -4.91. The van der Waals surface area contributed by atoms with Crippen LogP contribution in [0, 0.1) is 23.2 Å². The number of nitrogens with one attached hydrogen (secondary N) is 1. The lowest BCUT2D eigenvalue weighted by Gasteiger charge is -2.72. The second-order valence-electron chi connectivity index (χ2n) is 15.5. The van der Waals surface area contributed by atoms with E-state index >= 15 is 0 Å². The number of anilines is 3. The highest BCUT2D eigenvalue weighted by molar-refractivity contribution is 5.95. The molecule has 2 saturated heterocycles. The van der Waals surface area contributed by atoms with Crippen molar-refractivity contribution in [3.05, 3.63) is 59.7 Å². The van der Waals surface area contributed by atoms with E-state index in [2.05, 4.69) is 30.2 Å². The van der Waals surface area contributed by atoms with Crippen molar-refractivity contribution in [1.29, 1.82) is 0 Å². The number of alkyl halides is 3. The number of nitrogens with zero attached hydrogens (tertiary/aromatic N) is 6. The fourth-order valence-electron chi connectivity index (χ4n) is 10.2. The molecule has 3 aliphatic carbocycles. The number of aliphatic carboxylic acids is 1. The van der Waals surface area contributed by atoms with E-state index in [4.69, 9.17) is 9.47 Å². The van der Waals surface area contributed by atoms with E-state index in [1.807, 2.05) is 18.2 Å². The number of benzene rings is 1. The summed E-state index contributed by atoms with van der Waals surface area (Å²) in [7, 11) is 0. The van der Waals surface area contributed by atoms with Gasteiger partial charge in [-0.1, -0.05) is 0 Å². The third-order valence-corrected chi connectivity index (χ3v) is 12.9. The first-order valence-electron chi connectivity index (χ1n) is 18.2. The van der Waals surface area contributed by atoms with E-state index in [9.17, 15) is 27.9 Å². The normalized spacial score (nSPS) is 29.1. The molecule has 3 aromatic rings. The number of fused-ring (bicyclic) bond motifs is 2. The van der Waals surface area contributed by atoms with Gasteiger partial charge in [-0.05, 0) is 85.6 Å². The first-order valence-corrected chi connectivity index (χ1v) is 18.2. The first kappa shape index (κ1) is 33.3. The maximum atomic E-state index is 14.6. The second-order valence-corrected chi connectivity index (χ2v) is 15.5. The van der Waals surface area contributed by atoms with E-state index in [0.29, 0.717) is 81.1 Å². The Morgan fingerprint density at radius 2 is 1.79 bits per heavy atom. The summed E-state index contributed by atoms with van der Waals surface area (Å²) in [4.78, 5) is 46.2. The summed E-state index contributed by atoms with van der Waals surface area (Å²) in [6.07, 6.45) is 4.97. The van der Waals surface area contributed by atoms with Crippen LogP contribution in [-0.4, -0.2) is 81.9 Å². The third-order valence-electron chi connectivity index (χ3n) is 12.9. The zero-order valence-electron chi connectivity index (χ0n) is 28.5. The van der Waals surface area contributed by atoms with Crippen molar-refractivity contribution in [1.82, 2.24) is 25.3 Å². The Balaban J connectivity index is 0.952. The Bertz CT molecular complexity index is 1880. The van der Waals surface area contributed by atoms with E-state index in [-0.39, 0.29) is 23.5 Å². The van der Waals surface area contributed by atoms with Crippen molar-refractivity contribution in [2.75, 3.05) is 42.6 Å². The Labute approximate surface area is 298 Å². The van der Waals surface area contributed by atoms with Gasteiger partial charge in [0.05, 0.1) is 11.5 Å². The zero-order chi connectivity index (χ0) is 35.8. The van der Waals surface area contributed by atoms with Gasteiger partial charge in [0.25, 0.3) is 5.91 Å². The van der Waals surface area contributed by atoms with Crippen molar-refractivity contribution < 1.29 is 37.3 Å². The minimum Gasteiger partial charge on any atom is -0.490 e. The molecule has 1 aromatic carbocycles. The fraction of sp³-hybridized carbons (Fsp3) is 0.568. The number of piperidine rings is 1. The lowest BCUT2D eigenvalue weighted by molar-refractivity contribution is -0.215. The van der Waals surface area contributed by atoms with Gasteiger partial charge in [0.1, 0.15) is 11.9 Å². The summed E-state index contributed by atoms with van der Waals surface area (Å²) >= 11 is 0. The second kappa shape index (κ2) is 12.3. The molecule has 1 amide bonds. The number of hydrogen-bond donors (Lipinski definition) is 2. The van der Waals surface area contributed by atoms with Crippen molar-refractivity contribution in [3.63, 3.8) is 0 Å². The molecule has 12 nitrogen and oxygen atoms in total. The molecule has 3 aliphatic heterocycles. The molecule has 9 rings (SSSR count). The Morgan fingerprint density at radius 1 is 1.02 bits per heavy atom. The van der Waals surface area contributed by atoms with E-state index in [0.717, 1.165) is 44.1 Å². The van der Waals surface area contributed by atoms with Gasteiger partial charge >= 0.3 is 12.1 Å². The number of carboxylic acids is 1. The number of carboxylic acid groups (broad SMARTS) is 1. The van der Waals surface area contributed by atoms with Crippen LogP contribution >= 0.6 is 0 Å². The van der Waals surface area contributed by atoms with Gasteiger partial charge in [0.2, 0.25) is 11.9 Å². The van der Waals surface area contributed by atoms with Gasteiger partial charge in [0.15, 0.2) is 5.69 Å². The quantitative estimate of drug-likeness (QED) is 0.335. The van der Waals surface area contributed by atoms with Gasteiger partial charge in [-0.25, -0.2) is 19.9 Å². The first-order chi connectivity index (χ1) is 25.0. The Morgan fingerprint density at radius 3 is 2.50 bits per heavy atom. The molecular weight excluding hydrogens is 679 g/mol. The number of amides is 1. The van der Waals surface area contributed by atoms with Crippen LogP contribution < -0.4 is 19.9 Å². The summed E-state index contributed by atoms with van der Waals surface area (Å²) in [6.45, 7) is 2.92. The summed E-state index contributed by atoms with van der Waals surface area (Å²) < 4.78 is 56.1. The average Bonchev–Trinajstić information content (AvgIpc) is 3.45. The van der Waals surface area contributed by atoms with E-state index in [1.165, 1.54) is 0 Å². The number of halogens is 3. The monoisotopic (exact) mass is 719 g/mol. The molecule has 0 radical (unpaired) electrons. The molecule has 274 valence electrons. The van der Waals surface area contributed by atoms with Gasteiger partial charge in [-0.15, -0.1) is 0 Å². The summed E-state index contributed by atoms with van der Waals surface area (Å²) in [6, 6.07) is 7.14. The number of rotatable bonds is 7. The highest BCUT2D eigenvalue weighted by atomic mass is 19.4. The minimum absolute atomic E-state index is 0.00891. The van der Waals surface area contributed by atoms with Crippen molar-refractivity contribution >= 4 is 29.5 Å². The van der Waals surface area contributed by atoms with Gasteiger partial charge in [-0.2, -0.15) is 13.2 Å². The number of aromatic nitrogens is 4. The highest BCUT2D eigenvalue weighted by Crippen LogP contribution is 2.71. The molecule has 5 fully saturated rings. The van der Waals surface area contributed by atoms with Crippen molar-refractivity contribution in [3.8, 4) is 5.75 Å². The smallest absolute Gasteiger partial charge is 0.434 e. The molecule has 3 saturated carbocycles. The van der Waals surface area contributed by atoms with Crippen LogP contribution in [0.3, 0.4) is 0 Å². The maximum absolute atomic E-state index is 14.6. The van der Waals surface area contributed by atoms with Crippen molar-refractivity contribution in [2.45, 2.75) is 75.1 Å². The molecular formula is C37H40F3N7O5. The molecule has 5 heterocycles. The average molecular weight is 720 g/mol. The standard InChI is InChI=1S/C37H40F3N7O5/c38-37(39,40)30-25(31(48)44-29-16-26-21-14-22(32(49)50)18-36(26,29)17-21)19-43-34(45-30)47-20-35(6-12-51-13-7-35)27-15-24(2-3-28(27)47)52-23-4-10-46(11-5-23)33-41-8-1-9-42-33/h1-3,8-9,15,19,21-23,26,29H,4-7,10-14,16-18,20H2,(H,44,48)(H,49,50). The van der Waals surface area contributed by atoms with E-state index < -0.39 is 40.6 Å². The molecule has 6 aliphatic rings. The largest absolute Gasteiger partial charge is 0.490 e. The number of carbonyl (C=O) groups excluding carboxylic acids is 1. The molecule has 2 N–H and O–H groups in total. The summed E-state index contributed by atoms with van der Waals surface area (Å²) in [5.74, 6) is -0.330. The number of carbonyl (C=O) groups is 2. The molecule has 1 spiro atoms. The molecule has 2 aromatic heterocycles. The summed E-state index contributed by atoms with van der Waals surface area (Å²) in [5.41, 5.74) is -0.996. The highest BCUT2D eigenvalue weighted by Gasteiger charge is 2.69. The predicted octanol–water partition coefficient (Wildman–Crippen LogP) is 5.15. The third kappa shape index (κ3) is 5.45. The SMILES string of the molecule is O=C(NC1CC2C3CC(C(=O)O)CC12C3)c1cnc(N2CC3(CCOCC3)c3cc(OC4CCN(c5ncccn5)CC4)ccc32)nc1C(F)(F)F. The van der Waals surface area contributed by atoms with Crippen LogP contribution in [-0.2, 0) is 21.1 Å². The lowest BCUT2D eigenvalue weighted by Crippen LogP contribution is -2.73. The maximum Gasteiger partial charge on any atom is 0.434 e. The lowest BCUT2D eigenvalue weighted by atomic mass is 9.34. The van der Waals surface area contributed by atoms with Gasteiger partial charge in [0, 0.05) is 81.4 Å². The molecule has 52 heavy (non-hydrogen) atoms. The number of ether oxygens (including phenoxy) is 2. The number of hydrogen-bond acceptors (Lipinski definition) is 10. The molecule has 5 unspecified atom stereocenters. The Hall–Kier alpha value is -4.53. The van der Waals surface area contributed by atoms with Crippen LogP contribution in [0.1, 0.15) is 73.0 Å². The van der Waals surface area contributed by atoms with Gasteiger partial charge in [-0.3, -0.25) is 9.59 Å². The predicted molar refractivity (Wildman–Crippen MR) is 180 cm³/mol. The van der Waals surface area contributed by atoms with Crippen LogP contribution in [0.2, 0.25) is 0 Å². The van der Waals surface area contributed by atoms with Crippen LogP contribution in [0.25, 0.3) is 0 Å². The van der Waals surface area contributed by atoms with Crippen LogP contribution in [0.15, 0.2) is 42.9 Å². The Kier molecular flexibility index (Phi) is 7.86.